The lowest BCUT2D eigenvalue weighted by atomic mass is 10.2. The van der Waals surface area contributed by atoms with E-state index in [2.05, 4.69) is 0 Å². The van der Waals surface area contributed by atoms with Crippen molar-refractivity contribution in [3.05, 3.63) is 41.1 Å². The molecule has 0 fully saturated rings. The van der Waals surface area contributed by atoms with Crippen molar-refractivity contribution in [2.24, 2.45) is 0 Å². The highest BCUT2D eigenvalue weighted by molar-refractivity contribution is 5.75. The van der Waals surface area contributed by atoms with Crippen molar-refractivity contribution in [1.82, 2.24) is 0 Å². The summed E-state index contributed by atoms with van der Waals surface area (Å²) in [6.45, 7) is 2.32. The molecule has 0 saturated carbocycles. The van der Waals surface area contributed by atoms with E-state index in [0.717, 1.165) is 10.3 Å². The molecule has 0 saturated heterocycles. The third kappa shape index (κ3) is 2.42. The number of hydrogen-bond acceptors (Lipinski definition) is 1. The molecule has 1 aromatic rings. The summed E-state index contributed by atoms with van der Waals surface area (Å²) in [6, 6.07) is 9.56. The van der Waals surface area contributed by atoms with Crippen LogP contribution in [0.25, 0.3) is 0 Å². The van der Waals surface area contributed by atoms with Gasteiger partial charge < -0.3 is 5.21 Å². The van der Waals surface area contributed by atoms with Gasteiger partial charge >= 0.3 is 0 Å². The Kier molecular flexibility index (Phi) is 2.66. The highest BCUT2D eigenvalue weighted by Gasteiger charge is 1.89. The fourth-order valence-electron chi connectivity index (χ4n) is 0.797. The van der Waals surface area contributed by atoms with Gasteiger partial charge in [0, 0.05) is 5.56 Å². The molecule has 11 heavy (non-hydrogen) atoms. The van der Waals surface area contributed by atoms with Gasteiger partial charge in [0.25, 0.3) is 0 Å². The Morgan fingerprint density at radius 2 is 2.00 bits per heavy atom. The van der Waals surface area contributed by atoms with Crippen LogP contribution in [0.5, 0.6) is 0 Å². The van der Waals surface area contributed by atoms with E-state index in [-0.39, 0.29) is 0 Å². The minimum atomic E-state index is 0.495. The molecule has 2 heteroatoms. The van der Waals surface area contributed by atoms with Gasteiger partial charge in [-0.3, -0.25) is 0 Å². The van der Waals surface area contributed by atoms with Crippen LogP contribution >= 0.6 is 0 Å². The predicted octanol–water partition coefficient (Wildman–Crippen LogP) is 1.64. The van der Waals surface area contributed by atoms with Gasteiger partial charge in [-0.05, 0) is 19.1 Å². The topological polar surface area (TPSA) is 26.1 Å². The second kappa shape index (κ2) is 3.76. The Hall–Kier alpha value is -1.31. The summed E-state index contributed by atoms with van der Waals surface area (Å²) >= 11 is 0. The molecular weight excluding hydrogens is 138 g/mol. The van der Waals surface area contributed by atoms with Gasteiger partial charge in [0.1, 0.15) is 0 Å². The van der Waals surface area contributed by atoms with Crippen molar-refractivity contribution in [2.75, 3.05) is 6.54 Å². The average Bonchev–Trinajstić information content (AvgIpc) is 2.06. The molecule has 1 rings (SSSR count). The smallest absolute Gasteiger partial charge is 0.181 e. The number of hydroxylamine groups is 1. The van der Waals surface area contributed by atoms with Crippen LogP contribution in [0.4, 0.5) is 0 Å². The maximum Gasteiger partial charge on any atom is 0.181 e. The Morgan fingerprint density at radius 3 is 2.55 bits per heavy atom. The molecule has 0 aliphatic heterocycles. The van der Waals surface area contributed by atoms with E-state index in [1.807, 2.05) is 37.3 Å². The molecule has 0 unspecified atom stereocenters. The molecule has 58 valence electrons. The average molecular weight is 149 g/mol. The quantitative estimate of drug-likeness (QED) is 0.271. The Balaban J connectivity index is 2.79. The molecule has 0 amide bonds. The molecule has 0 N–H and O–H groups in total. The largest absolute Gasteiger partial charge is 0.624 e. The van der Waals surface area contributed by atoms with Gasteiger partial charge in [0.15, 0.2) is 12.8 Å². The van der Waals surface area contributed by atoms with Crippen LogP contribution in [0.1, 0.15) is 12.5 Å². The van der Waals surface area contributed by atoms with Gasteiger partial charge in [0.2, 0.25) is 0 Å². The lowest BCUT2D eigenvalue weighted by molar-refractivity contribution is -0.447. The lowest BCUT2D eigenvalue weighted by Crippen LogP contribution is -2.03. The first-order valence-corrected chi connectivity index (χ1v) is 3.66. The first-order valence-electron chi connectivity index (χ1n) is 3.66. The van der Waals surface area contributed by atoms with Crippen LogP contribution in [0.3, 0.4) is 0 Å². The van der Waals surface area contributed by atoms with Gasteiger partial charge in [-0.15, -0.1) is 0 Å². The number of rotatable bonds is 2. The fraction of sp³-hybridized carbons (Fsp3) is 0.222. The molecule has 0 radical (unpaired) electrons. The second-order valence-electron chi connectivity index (χ2n) is 2.27. The highest BCUT2D eigenvalue weighted by Crippen LogP contribution is 1.93. The molecule has 0 atom stereocenters. The highest BCUT2D eigenvalue weighted by atomic mass is 16.5. The van der Waals surface area contributed by atoms with Crippen LogP contribution in [-0.4, -0.2) is 17.5 Å². The van der Waals surface area contributed by atoms with E-state index in [1.54, 1.807) is 6.21 Å². The van der Waals surface area contributed by atoms with Crippen molar-refractivity contribution in [3.63, 3.8) is 0 Å². The molecule has 2 nitrogen and oxygen atoms in total. The van der Waals surface area contributed by atoms with E-state index < -0.39 is 0 Å². The molecule has 0 heterocycles. The summed E-state index contributed by atoms with van der Waals surface area (Å²) < 4.78 is 0.912. The minimum absolute atomic E-state index is 0.495. The number of benzene rings is 1. The summed E-state index contributed by atoms with van der Waals surface area (Å²) in [4.78, 5) is 0. The third-order valence-corrected chi connectivity index (χ3v) is 1.40. The van der Waals surface area contributed by atoms with E-state index in [0.29, 0.717) is 6.54 Å². The van der Waals surface area contributed by atoms with Crippen LogP contribution in [-0.2, 0) is 0 Å². The molecule has 0 bridgehead atoms. The van der Waals surface area contributed by atoms with E-state index in [4.69, 9.17) is 0 Å². The van der Waals surface area contributed by atoms with E-state index in [1.165, 1.54) is 0 Å². The standard InChI is InChI=1S/C9H11NO/c1-2-10(11)8-9-6-4-3-5-7-9/h3-8H,2H2,1H3/b10-8-. The van der Waals surface area contributed by atoms with Gasteiger partial charge in [-0.2, -0.15) is 0 Å². The van der Waals surface area contributed by atoms with Crippen LogP contribution in [0.15, 0.2) is 30.3 Å². The molecule has 0 aromatic heterocycles. The summed E-state index contributed by atoms with van der Waals surface area (Å²) in [5, 5.41) is 10.8. The Morgan fingerprint density at radius 1 is 1.36 bits per heavy atom. The summed E-state index contributed by atoms with van der Waals surface area (Å²) in [5.74, 6) is 0. The van der Waals surface area contributed by atoms with Crippen LogP contribution < -0.4 is 0 Å². The predicted molar refractivity (Wildman–Crippen MR) is 45.8 cm³/mol. The van der Waals surface area contributed by atoms with Crippen LogP contribution in [0, 0.1) is 5.21 Å². The Labute approximate surface area is 66.4 Å². The summed E-state index contributed by atoms with van der Waals surface area (Å²) in [7, 11) is 0. The van der Waals surface area contributed by atoms with Gasteiger partial charge in [0.05, 0.1) is 0 Å². The zero-order valence-electron chi connectivity index (χ0n) is 6.53. The zero-order valence-corrected chi connectivity index (χ0v) is 6.53. The van der Waals surface area contributed by atoms with E-state index >= 15 is 0 Å². The maximum atomic E-state index is 10.8. The minimum Gasteiger partial charge on any atom is -0.624 e. The maximum absolute atomic E-state index is 10.8. The summed E-state index contributed by atoms with van der Waals surface area (Å²) in [6.07, 6.45) is 1.58. The van der Waals surface area contributed by atoms with Crippen molar-refractivity contribution >= 4 is 6.21 Å². The second-order valence-corrected chi connectivity index (χ2v) is 2.27. The van der Waals surface area contributed by atoms with Crippen molar-refractivity contribution in [3.8, 4) is 0 Å². The molecule has 0 spiro atoms. The Bertz CT molecular complexity index is 241. The molecule has 0 aliphatic rings. The molecular formula is C9H11NO. The van der Waals surface area contributed by atoms with Crippen LogP contribution in [0.2, 0.25) is 0 Å². The lowest BCUT2D eigenvalue weighted by Gasteiger charge is -1.98. The van der Waals surface area contributed by atoms with Gasteiger partial charge in [-0.25, -0.2) is 4.74 Å². The first kappa shape index (κ1) is 7.79. The zero-order chi connectivity index (χ0) is 8.10. The SMILES string of the molecule is CC/[N+]([O-])=C/c1ccccc1. The summed E-state index contributed by atoms with van der Waals surface area (Å²) in [5.41, 5.74) is 0.948. The monoisotopic (exact) mass is 149 g/mol. The molecule has 0 aliphatic carbocycles. The van der Waals surface area contributed by atoms with Gasteiger partial charge in [-0.1, -0.05) is 18.2 Å². The fourth-order valence-corrected chi connectivity index (χ4v) is 0.797. The van der Waals surface area contributed by atoms with Crippen molar-refractivity contribution < 1.29 is 4.74 Å². The molecule has 1 aromatic carbocycles. The number of hydrogen-bond donors (Lipinski definition) is 0. The van der Waals surface area contributed by atoms with Crippen molar-refractivity contribution in [1.29, 1.82) is 0 Å². The third-order valence-electron chi connectivity index (χ3n) is 1.40. The van der Waals surface area contributed by atoms with Crippen molar-refractivity contribution in [2.45, 2.75) is 6.92 Å². The van der Waals surface area contributed by atoms with E-state index in [9.17, 15) is 5.21 Å². The first-order chi connectivity index (χ1) is 5.33. The normalized spacial score (nSPS) is 11.5. The number of nitrogens with zero attached hydrogens (tertiary/aromatic N) is 1.